The number of nitro groups is 1. The fourth-order valence-electron chi connectivity index (χ4n) is 2.55. The summed E-state index contributed by atoms with van der Waals surface area (Å²) in [5.74, 6) is -0.521. The van der Waals surface area contributed by atoms with Crippen molar-refractivity contribution in [2.45, 2.75) is 32.9 Å². The van der Waals surface area contributed by atoms with Crippen LogP contribution in [0.2, 0.25) is 0 Å². The summed E-state index contributed by atoms with van der Waals surface area (Å²) in [4.78, 5) is 36.3. The van der Waals surface area contributed by atoms with Gasteiger partial charge in [0.2, 0.25) is 5.91 Å². The van der Waals surface area contributed by atoms with Crippen LogP contribution in [0.4, 0.5) is 5.69 Å². The first-order valence-corrected chi connectivity index (χ1v) is 6.92. The number of nitrogens with zero attached hydrogens (tertiary/aromatic N) is 3. The first kappa shape index (κ1) is 15.0. The standard InChI is InChI=1S/C13H18N4O4/c1-3-10-12(18)14-5-6-16(10)13(19)11-7-9(17(20)21)8-15(11)4-2/h7-8,10H,3-6H2,1-2H3,(H,14,18). The zero-order chi connectivity index (χ0) is 15.6. The average molecular weight is 294 g/mol. The summed E-state index contributed by atoms with van der Waals surface area (Å²) in [5, 5.41) is 13.6. The predicted molar refractivity (Wildman–Crippen MR) is 74.9 cm³/mol. The molecule has 0 aromatic carbocycles. The molecule has 1 fully saturated rings. The van der Waals surface area contributed by atoms with Crippen LogP contribution in [0.25, 0.3) is 0 Å². The van der Waals surface area contributed by atoms with E-state index in [0.29, 0.717) is 26.1 Å². The Morgan fingerprint density at radius 1 is 1.52 bits per heavy atom. The van der Waals surface area contributed by atoms with E-state index < -0.39 is 11.0 Å². The third-order valence-electron chi connectivity index (χ3n) is 3.63. The van der Waals surface area contributed by atoms with Gasteiger partial charge in [0.25, 0.3) is 11.6 Å². The SMILES string of the molecule is CCC1C(=O)NCCN1C(=O)c1cc([N+](=O)[O-])cn1CC. The van der Waals surface area contributed by atoms with Gasteiger partial charge in [-0.25, -0.2) is 0 Å². The lowest BCUT2D eigenvalue weighted by atomic mass is 10.1. The second kappa shape index (κ2) is 5.94. The molecule has 0 saturated carbocycles. The summed E-state index contributed by atoms with van der Waals surface area (Å²) in [6, 6.07) is 0.746. The number of hydrogen-bond donors (Lipinski definition) is 1. The zero-order valence-electron chi connectivity index (χ0n) is 12.0. The van der Waals surface area contributed by atoms with E-state index in [-0.39, 0.29) is 23.2 Å². The van der Waals surface area contributed by atoms with Crippen LogP contribution < -0.4 is 5.32 Å². The molecule has 1 saturated heterocycles. The van der Waals surface area contributed by atoms with Crippen LogP contribution in [0, 0.1) is 10.1 Å². The largest absolute Gasteiger partial charge is 0.353 e. The number of aryl methyl sites for hydroxylation is 1. The van der Waals surface area contributed by atoms with Gasteiger partial charge in [0.05, 0.1) is 11.1 Å². The molecule has 1 aromatic heterocycles. The number of amides is 2. The summed E-state index contributed by atoms with van der Waals surface area (Å²) in [6.45, 7) is 4.89. The molecule has 0 spiro atoms. The van der Waals surface area contributed by atoms with Crippen LogP contribution in [0.3, 0.4) is 0 Å². The third-order valence-corrected chi connectivity index (χ3v) is 3.63. The van der Waals surface area contributed by atoms with Crippen LogP contribution in [-0.4, -0.2) is 45.3 Å². The van der Waals surface area contributed by atoms with E-state index in [0.717, 1.165) is 0 Å². The molecule has 1 unspecified atom stereocenters. The highest BCUT2D eigenvalue weighted by Gasteiger charge is 2.34. The third kappa shape index (κ3) is 2.74. The minimum absolute atomic E-state index is 0.116. The van der Waals surface area contributed by atoms with Gasteiger partial charge in [-0.1, -0.05) is 6.92 Å². The monoisotopic (exact) mass is 294 g/mol. The van der Waals surface area contributed by atoms with Gasteiger partial charge in [-0.15, -0.1) is 0 Å². The Morgan fingerprint density at radius 3 is 2.81 bits per heavy atom. The number of piperazine rings is 1. The highest BCUT2D eigenvalue weighted by atomic mass is 16.6. The first-order valence-electron chi connectivity index (χ1n) is 6.92. The maximum absolute atomic E-state index is 12.6. The molecule has 8 nitrogen and oxygen atoms in total. The highest BCUT2D eigenvalue weighted by Crippen LogP contribution is 2.20. The van der Waals surface area contributed by atoms with Crippen LogP contribution in [0.5, 0.6) is 0 Å². The van der Waals surface area contributed by atoms with Gasteiger partial charge >= 0.3 is 0 Å². The normalized spacial score (nSPS) is 18.5. The molecule has 0 radical (unpaired) electrons. The molecule has 2 heterocycles. The molecular formula is C13H18N4O4. The van der Waals surface area contributed by atoms with Crippen molar-refractivity contribution >= 4 is 17.5 Å². The summed E-state index contributed by atoms with van der Waals surface area (Å²) in [5.41, 5.74) is 0.132. The van der Waals surface area contributed by atoms with Crippen molar-refractivity contribution in [3.63, 3.8) is 0 Å². The predicted octanol–water partition coefficient (Wildman–Crippen LogP) is 0.767. The van der Waals surface area contributed by atoms with Crippen molar-refractivity contribution in [3.05, 3.63) is 28.1 Å². The Hall–Kier alpha value is -2.38. The van der Waals surface area contributed by atoms with Crippen molar-refractivity contribution in [3.8, 4) is 0 Å². The van der Waals surface area contributed by atoms with Crippen LogP contribution in [0.15, 0.2) is 12.3 Å². The molecule has 8 heteroatoms. The van der Waals surface area contributed by atoms with E-state index in [4.69, 9.17) is 0 Å². The Balaban J connectivity index is 2.34. The van der Waals surface area contributed by atoms with Gasteiger partial charge in [0.1, 0.15) is 11.7 Å². The van der Waals surface area contributed by atoms with Crippen molar-refractivity contribution < 1.29 is 14.5 Å². The molecule has 1 N–H and O–H groups in total. The Bertz CT molecular complexity index is 581. The number of aromatic nitrogens is 1. The van der Waals surface area contributed by atoms with Gasteiger partial charge in [-0.3, -0.25) is 19.7 Å². The van der Waals surface area contributed by atoms with Crippen molar-refractivity contribution in [1.29, 1.82) is 0 Å². The maximum atomic E-state index is 12.6. The smallest absolute Gasteiger partial charge is 0.287 e. The zero-order valence-corrected chi connectivity index (χ0v) is 12.0. The van der Waals surface area contributed by atoms with Gasteiger partial charge in [-0.2, -0.15) is 0 Å². The van der Waals surface area contributed by atoms with E-state index in [1.54, 1.807) is 11.5 Å². The molecule has 114 valence electrons. The van der Waals surface area contributed by atoms with Gasteiger partial charge in [-0.05, 0) is 13.3 Å². The summed E-state index contributed by atoms with van der Waals surface area (Å²) >= 11 is 0. The highest BCUT2D eigenvalue weighted by molar-refractivity contribution is 5.97. The molecule has 0 bridgehead atoms. The quantitative estimate of drug-likeness (QED) is 0.655. The number of nitrogens with one attached hydrogen (secondary N) is 1. The van der Waals surface area contributed by atoms with E-state index in [1.165, 1.54) is 17.2 Å². The second-order valence-corrected chi connectivity index (χ2v) is 4.84. The molecule has 2 amide bonds. The number of carbonyl (C=O) groups excluding carboxylic acids is 2. The van der Waals surface area contributed by atoms with Crippen LogP contribution in [-0.2, 0) is 11.3 Å². The van der Waals surface area contributed by atoms with Crippen molar-refractivity contribution in [2.75, 3.05) is 13.1 Å². The summed E-state index contributed by atoms with van der Waals surface area (Å²) in [6.07, 6.45) is 1.85. The second-order valence-electron chi connectivity index (χ2n) is 4.84. The molecule has 1 aromatic rings. The molecule has 1 aliphatic heterocycles. The Morgan fingerprint density at radius 2 is 2.24 bits per heavy atom. The van der Waals surface area contributed by atoms with Gasteiger partial charge < -0.3 is 14.8 Å². The van der Waals surface area contributed by atoms with E-state index in [9.17, 15) is 19.7 Å². The molecule has 0 aliphatic carbocycles. The van der Waals surface area contributed by atoms with E-state index in [2.05, 4.69) is 5.32 Å². The number of rotatable bonds is 4. The lowest BCUT2D eigenvalue weighted by Gasteiger charge is -2.34. The van der Waals surface area contributed by atoms with E-state index in [1.807, 2.05) is 6.92 Å². The summed E-state index contributed by atoms with van der Waals surface area (Å²) in [7, 11) is 0. The van der Waals surface area contributed by atoms with Gasteiger partial charge in [0, 0.05) is 25.7 Å². The minimum atomic E-state index is -0.525. The molecule has 2 rings (SSSR count). The van der Waals surface area contributed by atoms with E-state index >= 15 is 0 Å². The maximum Gasteiger partial charge on any atom is 0.287 e. The molecule has 1 aliphatic rings. The van der Waals surface area contributed by atoms with Gasteiger partial charge in [0.15, 0.2) is 0 Å². The van der Waals surface area contributed by atoms with Crippen LogP contribution in [0.1, 0.15) is 30.8 Å². The van der Waals surface area contributed by atoms with Crippen molar-refractivity contribution in [1.82, 2.24) is 14.8 Å². The van der Waals surface area contributed by atoms with Crippen LogP contribution >= 0.6 is 0 Å². The molecular weight excluding hydrogens is 276 g/mol. The number of carbonyl (C=O) groups is 2. The average Bonchev–Trinajstić information content (AvgIpc) is 2.90. The molecule has 1 atom stereocenters. The number of hydrogen-bond acceptors (Lipinski definition) is 4. The summed E-state index contributed by atoms with van der Waals surface area (Å²) < 4.78 is 1.54. The lowest BCUT2D eigenvalue weighted by molar-refractivity contribution is -0.384. The Kier molecular flexibility index (Phi) is 4.25. The topological polar surface area (TPSA) is 97.5 Å². The minimum Gasteiger partial charge on any atom is -0.353 e. The van der Waals surface area contributed by atoms with Crippen molar-refractivity contribution in [2.24, 2.45) is 0 Å². The Labute approximate surface area is 121 Å². The fraction of sp³-hybridized carbons (Fsp3) is 0.538. The molecule has 21 heavy (non-hydrogen) atoms. The fourth-order valence-corrected chi connectivity index (χ4v) is 2.55. The lowest BCUT2D eigenvalue weighted by Crippen LogP contribution is -2.57. The first-order chi connectivity index (χ1) is 9.99.